The number of hydrogen-bond acceptors (Lipinski definition) is 5. The van der Waals surface area contributed by atoms with E-state index in [1.807, 2.05) is 0 Å². The van der Waals surface area contributed by atoms with Crippen LogP contribution in [0.5, 0.6) is 0 Å². The van der Waals surface area contributed by atoms with Gasteiger partial charge in [-0.2, -0.15) is 0 Å². The molecule has 0 saturated carbocycles. The lowest BCUT2D eigenvalue weighted by Crippen LogP contribution is -2.47. The molecule has 25 heavy (non-hydrogen) atoms. The van der Waals surface area contributed by atoms with E-state index in [1.165, 1.54) is 6.92 Å². The highest BCUT2D eigenvalue weighted by Crippen LogP contribution is 2.10. The SMILES string of the molecule is CC(C)NC(=O)NC(=O)[C@H](C)OC(=O)CNC(=O)c1ccc(Br)cc1. The van der Waals surface area contributed by atoms with Crippen molar-refractivity contribution in [3.05, 3.63) is 34.3 Å². The third kappa shape index (κ3) is 7.79. The molecule has 8 nitrogen and oxygen atoms in total. The molecule has 0 unspecified atom stereocenters. The molecule has 3 N–H and O–H groups in total. The van der Waals surface area contributed by atoms with Crippen LogP contribution in [0, 0.1) is 0 Å². The number of benzene rings is 1. The average molecular weight is 414 g/mol. The number of nitrogens with one attached hydrogen (secondary N) is 3. The first-order valence-corrected chi connectivity index (χ1v) is 8.33. The van der Waals surface area contributed by atoms with Crippen LogP contribution in [0.3, 0.4) is 0 Å². The molecule has 0 spiro atoms. The summed E-state index contributed by atoms with van der Waals surface area (Å²) in [6.07, 6.45) is -1.17. The second-order valence-electron chi connectivity index (χ2n) is 5.44. The molecule has 0 heterocycles. The van der Waals surface area contributed by atoms with Gasteiger partial charge in [-0.15, -0.1) is 0 Å². The monoisotopic (exact) mass is 413 g/mol. The summed E-state index contributed by atoms with van der Waals surface area (Å²) in [5.41, 5.74) is 0.382. The van der Waals surface area contributed by atoms with E-state index in [0.717, 1.165) is 4.47 Å². The second kappa shape index (κ2) is 9.77. The van der Waals surface area contributed by atoms with Crippen molar-refractivity contribution in [3.8, 4) is 0 Å². The number of halogens is 1. The third-order valence-electron chi connectivity index (χ3n) is 2.83. The van der Waals surface area contributed by atoms with E-state index in [-0.39, 0.29) is 6.04 Å². The summed E-state index contributed by atoms with van der Waals surface area (Å²) in [5, 5.41) is 6.92. The summed E-state index contributed by atoms with van der Waals surface area (Å²) in [6.45, 7) is 4.40. The maximum Gasteiger partial charge on any atom is 0.326 e. The fraction of sp³-hybridized carbons (Fsp3) is 0.375. The molecule has 1 aromatic rings. The first kappa shape index (κ1) is 20.6. The Hall–Kier alpha value is -2.42. The van der Waals surface area contributed by atoms with Gasteiger partial charge in [0.05, 0.1) is 0 Å². The molecule has 4 amide bonds. The predicted molar refractivity (Wildman–Crippen MR) is 93.8 cm³/mol. The van der Waals surface area contributed by atoms with Crippen LogP contribution in [0.4, 0.5) is 4.79 Å². The van der Waals surface area contributed by atoms with Crippen LogP contribution < -0.4 is 16.0 Å². The van der Waals surface area contributed by atoms with Crippen molar-refractivity contribution in [1.29, 1.82) is 0 Å². The number of urea groups is 1. The van der Waals surface area contributed by atoms with Crippen molar-refractivity contribution >= 4 is 39.7 Å². The molecular weight excluding hydrogens is 394 g/mol. The number of ether oxygens (including phenoxy) is 1. The first-order chi connectivity index (χ1) is 11.7. The molecule has 0 aliphatic carbocycles. The Labute approximate surface area is 153 Å². The Morgan fingerprint density at radius 1 is 1.08 bits per heavy atom. The van der Waals surface area contributed by atoms with E-state index in [2.05, 4.69) is 31.9 Å². The van der Waals surface area contributed by atoms with Crippen LogP contribution in [-0.4, -0.2) is 42.5 Å². The summed E-state index contributed by atoms with van der Waals surface area (Å²) >= 11 is 3.26. The molecule has 0 bridgehead atoms. The molecule has 1 atom stereocenters. The Morgan fingerprint density at radius 2 is 1.68 bits per heavy atom. The molecule has 0 aliphatic rings. The van der Waals surface area contributed by atoms with E-state index < -0.39 is 36.5 Å². The molecule has 1 aromatic carbocycles. The van der Waals surface area contributed by atoms with E-state index in [4.69, 9.17) is 4.74 Å². The lowest BCUT2D eigenvalue weighted by atomic mass is 10.2. The highest BCUT2D eigenvalue weighted by molar-refractivity contribution is 9.10. The van der Waals surface area contributed by atoms with Gasteiger partial charge >= 0.3 is 12.0 Å². The maximum absolute atomic E-state index is 11.9. The topological polar surface area (TPSA) is 114 Å². The van der Waals surface area contributed by atoms with Gasteiger partial charge in [0.25, 0.3) is 11.8 Å². The molecule has 136 valence electrons. The van der Waals surface area contributed by atoms with Gasteiger partial charge in [-0.3, -0.25) is 19.7 Å². The fourth-order valence-corrected chi connectivity index (χ4v) is 1.92. The lowest BCUT2D eigenvalue weighted by molar-refractivity contribution is -0.153. The van der Waals surface area contributed by atoms with Crippen molar-refractivity contribution in [2.75, 3.05) is 6.54 Å². The predicted octanol–water partition coefficient (Wildman–Crippen LogP) is 1.34. The van der Waals surface area contributed by atoms with E-state index in [1.54, 1.807) is 38.1 Å². The van der Waals surface area contributed by atoms with Gasteiger partial charge in [-0.1, -0.05) is 15.9 Å². The third-order valence-corrected chi connectivity index (χ3v) is 3.36. The van der Waals surface area contributed by atoms with Gasteiger partial charge in [0, 0.05) is 16.1 Å². The number of rotatable bonds is 6. The first-order valence-electron chi connectivity index (χ1n) is 7.53. The van der Waals surface area contributed by atoms with Gasteiger partial charge in [-0.05, 0) is 45.0 Å². The highest BCUT2D eigenvalue weighted by Gasteiger charge is 2.20. The minimum atomic E-state index is -1.17. The molecular formula is C16H20BrN3O5. The number of esters is 1. The van der Waals surface area contributed by atoms with Crippen molar-refractivity contribution in [3.63, 3.8) is 0 Å². The quantitative estimate of drug-likeness (QED) is 0.608. The minimum absolute atomic E-state index is 0.139. The maximum atomic E-state index is 11.9. The van der Waals surface area contributed by atoms with Crippen molar-refractivity contribution in [2.45, 2.75) is 32.9 Å². The highest BCUT2D eigenvalue weighted by atomic mass is 79.9. The number of carbonyl (C=O) groups excluding carboxylic acids is 4. The van der Waals surface area contributed by atoms with E-state index in [9.17, 15) is 19.2 Å². The van der Waals surface area contributed by atoms with Gasteiger partial charge in [-0.25, -0.2) is 4.79 Å². The number of hydrogen-bond donors (Lipinski definition) is 3. The summed E-state index contributed by atoms with van der Waals surface area (Å²) in [4.78, 5) is 46.7. The number of amides is 4. The van der Waals surface area contributed by atoms with E-state index >= 15 is 0 Å². The van der Waals surface area contributed by atoms with Crippen LogP contribution >= 0.6 is 15.9 Å². The van der Waals surface area contributed by atoms with Crippen LogP contribution in [0.2, 0.25) is 0 Å². The van der Waals surface area contributed by atoms with Gasteiger partial charge < -0.3 is 15.4 Å². The summed E-state index contributed by atoms with van der Waals surface area (Å²) in [6, 6.07) is 5.76. The number of carbonyl (C=O) groups is 4. The zero-order valence-corrected chi connectivity index (χ0v) is 15.7. The fourth-order valence-electron chi connectivity index (χ4n) is 1.66. The molecule has 9 heteroatoms. The zero-order chi connectivity index (χ0) is 19.0. The van der Waals surface area contributed by atoms with Gasteiger partial charge in [0.2, 0.25) is 0 Å². The van der Waals surface area contributed by atoms with E-state index in [0.29, 0.717) is 5.56 Å². The average Bonchev–Trinajstić information content (AvgIpc) is 2.52. The molecule has 0 aromatic heterocycles. The molecule has 1 rings (SSSR count). The Morgan fingerprint density at radius 3 is 2.24 bits per heavy atom. The second-order valence-corrected chi connectivity index (χ2v) is 6.35. The molecule has 0 radical (unpaired) electrons. The van der Waals surface area contributed by atoms with Gasteiger partial charge in [0.15, 0.2) is 6.10 Å². The Bertz CT molecular complexity index is 646. The van der Waals surface area contributed by atoms with Crippen molar-refractivity contribution < 1.29 is 23.9 Å². The molecule has 0 aliphatic heterocycles. The molecule has 0 saturated heterocycles. The van der Waals surface area contributed by atoms with Crippen LogP contribution in [0.1, 0.15) is 31.1 Å². The number of imide groups is 1. The van der Waals surface area contributed by atoms with Crippen molar-refractivity contribution in [2.24, 2.45) is 0 Å². The summed E-state index contributed by atoms with van der Waals surface area (Å²) in [7, 11) is 0. The lowest BCUT2D eigenvalue weighted by Gasteiger charge is -2.14. The van der Waals surface area contributed by atoms with Crippen LogP contribution in [0.15, 0.2) is 28.7 Å². The smallest absolute Gasteiger partial charge is 0.326 e. The Kier molecular flexibility index (Phi) is 8.06. The van der Waals surface area contributed by atoms with Crippen molar-refractivity contribution in [1.82, 2.24) is 16.0 Å². The zero-order valence-electron chi connectivity index (χ0n) is 14.1. The largest absolute Gasteiger partial charge is 0.451 e. The standard InChI is InChI=1S/C16H20BrN3O5/c1-9(2)19-16(24)20-14(22)10(3)25-13(21)8-18-15(23)11-4-6-12(17)7-5-11/h4-7,9-10H,8H2,1-3H3,(H,18,23)(H2,19,20,22,24)/t10-/m0/s1. The normalized spacial score (nSPS) is 11.4. The van der Waals surface area contributed by atoms with Crippen LogP contribution in [-0.2, 0) is 14.3 Å². The van der Waals surface area contributed by atoms with Gasteiger partial charge in [0.1, 0.15) is 6.54 Å². The Balaban J connectivity index is 2.40. The van der Waals surface area contributed by atoms with Crippen LogP contribution in [0.25, 0.3) is 0 Å². The summed E-state index contributed by atoms with van der Waals surface area (Å²) < 4.78 is 5.69. The summed E-state index contributed by atoms with van der Waals surface area (Å²) in [5.74, 6) is -2.00. The molecule has 0 fully saturated rings. The minimum Gasteiger partial charge on any atom is -0.451 e.